The second-order valence-electron chi connectivity index (χ2n) is 11.2. The smallest absolute Gasteiger partial charge is 0.377 e. The van der Waals surface area contributed by atoms with Gasteiger partial charge >= 0.3 is 60.0 Å². The summed E-state index contributed by atoms with van der Waals surface area (Å²) < 4.78 is 336. The fourth-order valence-corrected chi connectivity index (χ4v) is 5.36. The van der Waals surface area contributed by atoms with Crippen LogP contribution in [-0.2, 0) is 31.9 Å². The number of sulfonamides is 1. The highest BCUT2D eigenvalue weighted by atomic mass is 32.2. The molecule has 0 unspecified atom stereocenters. The van der Waals surface area contributed by atoms with Crippen molar-refractivity contribution in [1.29, 1.82) is 0 Å². The second kappa shape index (κ2) is 14.2. The minimum Gasteiger partial charge on any atom is -0.377 e. The van der Waals surface area contributed by atoms with Crippen molar-refractivity contribution >= 4 is 15.9 Å². The number of carbonyl (C=O) groups excluding carboxylic acids is 1. The van der Waals surface area contributed by atoms with Crippen LogP contribution in [0.1, 0.15) is 30.4 Å². The molecule has 1 saturated heterocycles. The van der Waals surface area contributed by atoms with Gasteiger partial charge in [0.05, 0.1) is 28.2 Å². The van der Waals surface area contributed by atoms with Crippen LogP contribution in [0.15, 0.2) is 23.1 Å². The quantitative estimate of drug-likeness (QED) is 0.146. The molecular formula is C24H17F23N2O4S. The lowest BCUT2D eigenvalue weighted by molar-refractivity contribution is -0.461. The predicted octanol–water partition coefficient (Wildman–Crippen LogP) is 8.07. The molecule has 2 rings (SSSR count). The minimum absolute atomic E-state index is 0.275. The standard InChI is InChI=1S/C24H17F23N2O4S/c25-15(26,18(33,34)19(35,36)20(37,38)21(39,40)22(41,42)23(43,44)24(45,46)47)2-1-3-53-11-7-13(48-8-11)14(50)49-54(51,52)12-5-9(16(27,28)29)4-10(6-12)17(30,31)32/h4-6,11,13,48H,1-3,7-8H2,(H,49,50)/t11-,13+/m1/s1. The molecule has 0 aromatic heterocycles. The largest absolute Gasteiger partial charge is 0.460 e. The Hall–Kier alpha value is -3.05. The van der Waals surface area contributed by atoms with E-state index in [-0.39, 0.29) is 12.1 Å². The SMILES string of the molecule is O=C(NS(=O)(=O)c1cc(C(F)(F)F)cc(C(F)(F)F)c1)[C@@H]1C[C@@H](OCCCC(F)(F)C(F)(F)C(F)(F)C(F)(F)C(F)(F)C(F)(F)C(F)(F)C(F)(F)F)CN1. The summed E-state index contributed by atoms with van der Waals surface area (Å²) in [6, 6.07) is -2.79. The molecule has 54 heavy (non-hydrogen) atoms. The van der Waals surface area contributed by atoms with E-state index >= 15 is 0 Å². The number of ether oxygens (including phenoxy) is 1. The van der Waals surface area contributed by atoms with Crippen molar-refractivity contribution in [3.8, 4) is 0 Å². The first-order valence-corrected chi connectivity index (χ1v) is 15.0. The first-order chi connectivity index (χ1) is 23.6. The van der Waals surface area contributed by atoms with E-state index in [1.165, 1.54) is 0 Å². The van der Waals surface area contributed by atoms with E-state index < -0.39 is 143 Å². The van der Waals surface area contributed by atoms with Gasteiger partial charge in [-0.1, -0.05) is 0 Å². The molecule has 1 heterocycles. The normalized spacial score (nSPS) is 19.3. The van der Waals surface area contributed by atoms with Crippen LogP contribution in [0.25, 0.3) is 0 Å². The van der Waals surface area contributed by atoms with E-state index in [4.69, 9.17) is 4.74 Å². The van der Waals surface area contributed by atoms with Gasteiger partial charge in [0.25, 0.3) is 15.9 Å². The molecule has 6 nitrogen and oxygen atoms in total. The topological polar surface area (TPSA) is 84.5 Å². The number of nitrogens with one attached hydrogen (secondary N) is 2. The molecule has 0 aliphatic carbocycles. The van der Waals surface area contributed by atoms with Gasteiger partial charge < -0.3 is 10.1 Å². The third kappa shape index (κ3) is 8.37. The fourth-order valence-electron chi connectivity index (χ4n) is 4.27. The molecule has 0 radical (unpaired) electrons. The third-order valence-corrected chi connectivity index (χ3v) is 8.62. The van der Waals surface area contributed by atoms with Gasteiger partial charge in [-0.15, -0.1) is 0 Å². The molecule has 30 heteroatoms. The maximum Gasteiger partial charge on any atom is 0.460 e. The van der Waals surface area contributed by atoms with Gasteiger partial charge in [-0.25, -0.2) is 13.1 Å². The molecule has 1 aliphatic heterocycles. The number of amides is 1. The summed E-state index contributed by atoms with van der Waals surface area (Å²) in [6.45, 7) is -1.99. The lowest BCUT2D eigenvalue weighted by Gasteiger charge is -2.42. The molecule has 1 aromatic rings. The lowest BCUT2D eigenvalue weighted by atomic mass is 9.88. The average molecular weight is 866 g/mol. The summed E-state index contributed by atoms with van der Waals surface area (Å²) in [5, 5.41) is 2.15. The first-order valence-electron chi connectivity index (χ1n) is 13.6. The monoisotopic (exact) mass is 866 g/mol. The van der Waals surface area contributed by atoms with Crippen molar-refractivity contribution in [2.75, 3.05) is 13.2 Å². The fraction of sp³-hybridized carbons (Fsp3) is 0.708. The van der Waals surface area contributed by atoms with Crippen molar-refractivity contribution < 1.29 is 119 Å². The number of alkyl halides is 23. The molecule has 2 atom stereocenters. The van der Waals surface area contributed by atoms with Crippen LogP contribution in [0.4, 0.5) is 101 Å². The number of benzene rings is 1. The van der Waals surface area contributed by atoms with Crippen molar-refractivity contribution in [3.63, 3.8) is 0 Å². The molecule has 1 aliphatic rings. The molecular weight excluding hydrogens is 849 g/mol. The Balaban J connectivity index is 2.12. The van der Waals surface area contributed by atoms with Gasteiger partial charge in [-0.05, 0) is 31.0 Å². The third-order valence-electron chi connectivity index (χ3n) is 7.29. The average Bonchev–Trinajstić information content (AvgIpc) is 3.46. The highest BCUT2D eigenvalue weighted by molar-refractivity contribution is 7.90. The molecule has 314 valence electrons. The van der Waals surface area contributed by atoms with Crippen LogP contribution in [0.3, 0.4) is 0 Å². The Kier molecular flexibility index (Phi) is 12.3. The zero-order valence-corrected chi connectivity index (χ0v) is 26.0. The Morgan fingerprint density at radius 1 is 0.648 bits per heavy atom. The van der Waals surface area contributed by atoms with Gasteiger partial charge in [0.1, 0.15) is 0 Å². The zero-order chi connectivity index (χ0) is 42.7. The van der Waals surface area contributed by atoms with Crippen LogP contribution in [-0.4, -0.2) is 87.3 Å². The Morgan fingerprint density at radius 2 is 1.06 bits per heavy atom. The van der Waals surface area contributed by atoms with E-state index in [1.807, 2.05) is 0 Å². The number of rotatable bonds is 14. The Labute approximate surface area is 284 Å². The predicted molar refractivity (Wildman–Crippen MR) is 128 cm³/mol. The van der Waals surface area contributed by atoms with Gasteiger partial charge in [0, 0.05) is 19.6 Å². The number of hydrogen-bond acceptors (Lipinski definition) is 5. The highest BCUT2D eigenvalue weighted by Crippen LogP contribution is 2.64. The maximum atomic E-state index is 14.1. The molecule has 1 amide bonds. The van der Waals surface area contributed by atoms with Crippen LogP contribution < -0.4 is 10.0 Å². The summed E-state index contributed by atoms with van der Waals surface area (Å²) in [6.07, 6.45) is -25.7. The van der Waals surface area contributed by atoms with Crippen molar-refractivity contribution in [1.82, 2.24) is 10.0 Å². The van der Waals surface area contributed by atoms with Crippen molar-refractivity contribution in [3.05, 3.63) is 29.3 Å². The number of carbonyl (C=O) groups is 1. The van der Waals surface area contributed by atoms with E-state index in [0.29, 0.717) is 0 Å². The summed E-state index contributed by atoms with van der Waals surface area (Å²) in [4.78, 5) is 10.7. The summed E-state index contributed by atoms with van der Waals surface area (Å²) in [5.74, 6) is -59.3. The molecule has 1 fully saturated rings. The van der Waals surface area contributed by atoms with Crippen molar-refractivity contribution in [2.24, 2.45) is 0 Å². The summed E-state index contributed by atoms with van der Waals surface area (Å²) in [5.41, 5.74) is -4.22. The van der Waals surface area contributed by atoms with Gasteiger partial charge in [-0.2, -0.15) is 101 Å². The van der Waals surface area contributed by atoms with E-state index in [0.717, 1.165) is 4.72 Å². The molecule has 2 N–H and O–H groups in total. The van der Waals surface area contributed by atoms with Crippen LogP contribution in [0, 0.1) is 0 Å². The second-order valence-corrected chi connectivity index (χ2v) is 12.8. The van der Waals surface area contributed by atoms with E-state index in [1.54, 1.807) is 0 Å². The minimum atomic E-state index is -8.79. The van der Waals surface area contributed by atoms with Crippen LogP contribution >= 0.6 is 0 Å². The van der Waals surface area contributed by atoms with E-state index in [2.05, 4.69) is 5.32 Å². The number of halogens is 23. The van der Waals surface area contributed by atoms with Crippen LogP contribution in [0.5, 0.6) is 0 Å². The number of hydrogen-bond donors (Lipinski definition) is 2. The van der Waals surface area contributed by atoms with Gasteiger partial charge in [-0.3, -0.25) is 4.79 Å². The van der Waals surface area contributed by atoms with Gasteiger partial charge in [0.15, 0.2) is 0 Å². The van der Waals surface area contributed by atoms with Gasteiger partial charge in [0.2, 0.25) is 0 Å². The Bertz CT molecular complexity index is 1600. The molecule has 1 aromatic carbocycles. The highest BCUT2D eigenvalue weighted by Gasteiger charge is 2.95. The summed E-state index contributed by atoms with van der Waals surface area (Å²) >= 11 is 0. The lowest BCUT2D eigenvalue weighted by Crippen LogP contribution is -2.74. The zero-order valence-electron chi connectivity index (χ0n) is 25.2. The molecule has 0 spiro atoms. The first kappa shape index (κ1) is 47.1. The molecule has 0 saturated carbocycles. The maximum absolute atomic E-state index is 14.1. The Morgan fingerprint density at radius 3 is 1.46 bits per heavy atom. The summed E-state index contributed by atoms with van der Waals surface area (Å²) in [7, 11) is -5.51. The van der Waals surface area contributed by atoms with Crippen molar-refractivity contribution in [2.45, 2.75) is 96.3 Å². The van der Waals surface area contributed by atoms with E-state index in [9.17, 15) is 114 Å². The van der Waals surface area contributed by atoms with Crippen LogP contribution in [0.2, 0.25) is 0 Å². The molecule has 0 bridgehead atoms.